The van der Waals surface area contributed by atoms with Crippen molar-refractivity contribution in [3.63, 3.8) is 0 Å². The van der Waals surface area contributed by atoms with E-state index in [1.54, 1.807) is 11.3 Å². The first-order valence-corrected chi connectivity index (χ1v) is 6.40. The lowest BCUT2D eigenvalue weighted by molar-refractivity contribution is 0.607. The van der Waals surface area contributed by atoms with Crippen LogP contribution < -0.4 is 5.32 Å². The molecule has 1 heterocycles. The second-order valence-electron chi connectivity index (χ2n) is 3.99. The Bertz CT molecular complexity index is 279. The van der Waals surface area contributed by atoms with Gasteiger partial charge in [0.25, 0.3) is 0 Å². The number of hydrogen-bond acceptors (Lipinski definition) is 3. The molecule has 0 spiro atoms. The second-order valence-corrected chi connectivity index (χ2v) is 4.94. The van der Waals surface area contributed by atoms with Gasteiger partial charge < -0.3 is 5.32 Å². The summed E-state index contributed by atoms with van der Waals surface area (Å²) in [5.74, 6) is 1.03. The van der Waals surface area contributed by atoms with Crippen LogP contribution in [0.25, 0.3) is 0 Å². The monoisotopic (exact) mass is 210 g/mol. The third-order valence-electron chi connectivity index (χ3n) is 2.63. The van der Waals surface area contributed by atoms with Crippen LogP contribution in [0.1, 0.15) is 36.9 Å². The first-order chi connectivity index (χ1) is 6.88. The van der Waals surface area contributed by atoms with Crippen LogP contribution >= 0.6 is 11.3 Å². The van der Waals surface area contributed by atoms with Crippen molar-refractivity contribution in [2.45, 2.75) is 39.2 Å². The molecule has 0 atom stereocenters. The maximum absolute atomic E-state index is 4.52. The highest BCUT2D eigenvalue weighted by Crippen LogP contribution is 2.31. The van der Waals surface area contributed by atoms with Crippen LogP contribution in [0.4, 0.5) is 0 Å². The molecule has 0 aliphatic heterocycles. The van der Waals surface area contributed by atoms with Crippen LogP contribution in [-0.4, -0.2) is 11.5 Å². The van der Waals surface area contributed by atoms with Gasteiger partial charge in [-0.15, -0.1) is 11.3 Å². The van der Waals surface area contributed by atoms with Crippen molar-refractivity contribution < 1.29 is 0 Å². The number of nitrogens with zero attached hydrogens (tertiary/aromatic N) is 1. The maximum Gasteiger partial charge on any atom is 0.0926 e. The standard InChI is InChI=1S/C11H18N2S/c1-2-11-13-10(8-14-11)7-12-6-5-9-3-4-9/h8-9,12H,2-7H2,1H3. The fourth-order valence-corrected chi connectivity index (χ4v) is 2.27. The predicted octanol–water partition coefficient (Wildman–Crippen LogP) is 2.60. The molecular weight excluding hydrogens is 192 g/mol. The molecule has 0 saturated heterocycles. The third kappa shape index (κ3) is 3.07. The highest BCUT2D eigenvalue weighted by molar-refractivity contribution is 7.09. The molecule has 0 radical (unpaired) electrons. The number of nitrogens with one attached hydrogen (secondary N) is 1. The van der Waals surface area contributed by atoms with Crippen molar-refractivity contribution in [1.82, 2.24) is 10.3 Å². The molecule has 0 unspecified atom stereocenters. The molecule has 3 heteroatoms. The van der Waals surface area contributed by atoms with Gasteiger partial charge in [0.2, 0.25) is 0 Å². The number of rotatable bonds is 6. The molecule has 1 aromatic heterocycles. The third-order valence-corrected chi connectivity index (χ3v) is 3.68. The van der Waals surface area contributed by atoms with Gasteiger partial charge in [0.1, 0.15) is 0 Å². The fourth-order valence-electron chi connectivity index (χ4n) is 1.52. The topological polar surface area (TPSA) is 24.9 Å². The fraction of sp³-hybridized carbons (Fsp3) is 0.727. The normalized spacial score (nSPS) is 16.1. The summed E-state index contributed by atoms with van der Waals surface area (Å²) in [6.45, 7) is 4.26. The van der Waals surface area contributed by atoms with Crippen molar-refractivity contribution in [1.29, 1.82) is 0 Å². The van der Waals surface area contributed by atoms with Crippen LogP contribution in [0.15, 0.2) is 5.38 Å². The van der Waals surface area contributed by atoms with E-state index in [9.17, 15) is 0 Å². The smallest absolute Gasteiger partial charge is 0.0926 e. The van der Waals surface area contributed by atoms with Gasteiger partial charge in [-0.2, -0.15) is 0 Å². The molecule has 1 aromatic rings. The quantitative estimate of drug-likeness (QED) is 0.730. The van der Waals surface area contributed by atoms with E-state index in [1.165, 1.54) is 30.0 Å². The summed E-state index contributed by atoms with van der Waals surface area (Å²) in [6, 6.07) is 0. The predicted molar refractivity (Wildman–Crippen MR) is 60.5 cm³/mol. The van der Waals surface area contributed by atoms with Gasteiger partial charge in [-0.05, 0) is 25.3 Å². The van der Waals surface area contributed by atoms with E-state index < -0.39 is 0 Å². The second kappa shape index (κ2) is 4.89. The average Bonchev–Trinajstić information content (AvgIpc) is 2.91. The highest BCUT2D eigenvalue weighted by Gasteiger charge is 2.19. The zero-order chi connectivity index (χ0) is 9.80. The Balaban J connectivity index is 1.63. The Morgan fingerprint density at radius 1 is 1.57 bits per heavy atom. The zero-order valence-corrected chi connectivity index (χ0v) is 9.57. The summed E-state index contributed by atoms with van der Waals surface area (Å²) < 4.78 is 0. The number of aryl methyl sites for hydroxylation is 1. The molecule has 14 heavy (non-hydrogen) atoms. The summed E-state index contributed by atoms with van der Waals surface area (Å²) in [5.41, 5.74) is 1.21. The van der Waals surface area contributed by atoms with E-state index in [1.807, 2.05) is 0 Å². The molecule has 1 aliphatic rings. The van der Waals surface area contributed by atoms with Crippen molar-refractivity contribution in [2.24, 2.45) is 5.92 Å². The van der Waals surface area contributed by atoms with Gasteiger partial charge in [-0.1, -0.05) is 19.8 Å². The molecule has 0 aromatic carbocycles. The van der Waals surface area contributed by atoms with Crippen LogP contribution in [-0.2, 0) is 13.0 Å². The summed E-state index contributed by atoms with van der Waals surface area (Å²) in [7, 11) is 0. The molecule has 0 amide bonds. The summed E-state index contributed by atoms with van der Waals surface area (Å²) in [4.78, 5) is 4.52. The van der Waals surface area contributed by atoms with Crippen molar-refractivity contribution >= 4 is 11.3 Å². The minimum Gasteiger partial charge on any atom is -0.311 e. The van der Waals surface area contributed by atoms with Gasteiger partial charge in [-0.3, -0.25) is 0 Å². The average molecular weight is 210 g/mol. The Hall–Kier alpha value is -0.410. The van der Waals surface area contributed by atoms with E-state index in [0.717, 1.165) is 25.4 Å². The molecule has 1 fully saturated rings. The van der Waals surface area contributed by atoms with Crippen LogP contribution in [0, 0.1) is 5.92 Å². The number of hydrogen-bond donors (Lipinski definition) is 1. The minimum atomic E-state index is 0.948. The minimum absolute atomic E-state index is 0.948. The SMILES string of the molecule is CCc1nc(CNCCC2CC2)cs1. The van der Waals surface area contributed by atoms with Gasteiger partial charge in [0, 0.05) is 11.9 Å². The van der Waals surface area contributed by atoms with Crippen molar-refractivity contribution in [3.8, 4) is 0 Å². The summed E-state index contributed by atoms with van der Waals surface area (Å²) in [5, 5.41) is 6.88. The largest absolute Gasteiger partial charge is 0.311 e. The van der Waals surface area contributed by atoms with Gasteiger partial charge in [0.05, 0.1) is 10.7 Å². The van der Waals surface area contributed by atoms with Crippen LogP contribution in [0.5, 0.6) is 0 Å². The lowest BCUT2D eigenvalue weighted by Crippen LogP contribution is -2.15. The van der Waals surface area contributed by atoms with E-state index in [4.69, 9.17) is 0 Å². The molecule has 2 nitrogen and oxygen atoms in total. The molecule has 1 aliphatic carbocycles. The zero-order valence-electron chi connectivity index (χ0n) is 8.75. The first-order valence-electron chi connectivity index (χ1n) is 5.52. The van der Waals surface area contributed by atoms with Crippen LogP contribution in [0.3, 0.4) is 0 Å². The van der Waals surface area contributed by atoms with E-state index in [-0.39, 0.29) is 0 Å². The Morgan fingerprint density at radius 2 is 2.43 bits per heavy atom. The molecule has 78 valence electrons. The van der Waals surface area contributed by atoms with E-state index >= 15 is 0 Å². The maximum atomic E-state index is 4.52. The molecule has 0 bridgehead atoms. The number of aromatic nitrogens is 1. The molecular formula is C11H18N2S. The number of thiazole rings is 1. The summed E-state index contributed by atoms with van der Waals surface area (Å²) in [6.07, 6.45) is 5.33. The van der Waals surface area contributed by atoms with E-state index in [2.05, 4.69) is 22.6 Å². The highest BCUT2D eigenvalue weighted by atomic mass is 32.1. The lowest BCUT2D eigenvalue weighted by Gasteiger charge is -2.00. The first kappa shape index (κ1) is 10.1. The molecule has 1 N–H and O–H groups in total. The lowest BCUT2D eigenvalue weighted by atomic mass is 10.3. The van der Waals surface area contributed by atoms with Crippen molar-refractivity contribution in [2.75, 3.05) is 6.54 Å². The Kier molecular flexibility index (Phi) is 3.54. The summed E-state index contributed by atoms with van der Waals surface area (Å²) >= 11 is 1.78. The van der Waals surface area contributed by atoms with Gasteiger partial charge >= 0.3 is 0 Å². The van der Waals surface area contributed by atoms with Gasteiger partial charge in [-0.25, -0.2) is 4.98 Å². The Morgan fingerprint density at radius 3 is 3.07 bits per heavy atom. The molecule has 1 saturated carbocycles. The Labute approximate surface area is 89.8 Å². The molecule has 2 rings (SSSR count). The van der Waals surface area contributed by atoms with E-state index in [0.29, 0.717) is 0 Å². The van der Waals surface area contributed by atoms with Crippen LogP contribution in [0.2, 0.25) is 0 Å². The van der Waals surface area contributed by atoms with Gasteiger partial charge in [0.15, 0.2) is 0 Å². The van der Waals surface area contributed by atoms with Crippen molar-refractivity contribution in [3.05, 3.63) is 16.1 Å².